The topological polar surface area (TPSA) is 68.9 Å². The van der Waals surface area contributed by atoms with Crippen molar-refractivity contribution >= 4 is 17.5 Å². The molecule has 5 nitrogen and oxygen atoms in total. The average Bonchev–Trinajstić information content (AvgIpc) is 3.56. The molecule has 0 amide bonds. The Labute approximate surface area is 230 Å². The zero-order valence-electron chi connectivity index (χ0n) is 23.2. The SMILES string of the molecule is CCCC1(CCC)c2cc(C(=O)c3ccoc3)ccc2-c2ccc(/C(=N\OC(C)=O)C3=C(C)CCC=C3)cc21. The Morgan fingerprint density at radius 2 is 1.62 bits per heavy atom. The van der Waals surface area contributed by atoms with Crippen LogP contribution < -0.4 is 0 Å². The molecule has 0 spiro atoms. The van der Waals surface area contributed by atoms with Crippen LogP contribution in [0.15, 0.2) is 87.9 Å². The smallest absolute Gasteiger partial charge is 0.332 e. The van der Waals surface area contributed by atoms with Gasteiger partial charge in [0.25, 0.3) is 0 Å². The maximum atomic E-state index is 13.3. The van der Waals surface area contributed by atoms with Crippen molar-refractivity contribution in [3.05, 3.63) is 106 Å². The second-order valence-electron chi connectivity index (χ2n) is 10.6. The minimum Gasteiger partial charge on any atom is -0.472 e. The van der Waals surface area contributed by atoms with Crippen LogP contribution in [-0.2, 0) is 15.0 Å². The van der Waals surface area contributed by atoms with E-state index in [4.69, 9.17) is 9.25 Å². The van der Waals surface area contributed by atoms with Crippen molar-refractivity contribution in [2.75, 3.05) is 0 Å². The third-order valence-electron chi connectivity index (χ3n) is 7.98. The van der Waals surface area contributed by atoms with E-state index in [1.54, 1.807) is 6.07 Å². The molecule has 1 aromatic heterocycles. The zero-order chi connectivity index (χ0) is 27.6. The normalized spacial score (nSPS) is 15.7. The van der Waals surface area contributed by atoms with Gasteiger partial charge in [0, 0.05) is 29.0 Å². The molecule has 0 saturated carbocycles. The molecular weight excluding hydrogens is 486 g/mol. The number of hydrogen-bond acceptors (Lipinski definition) is 5. The molecule has 39 heavy (non-hydrogen) atoms. The van der Waals surface area contributed by atoms with Gasteiger partial charge in [0.2, 0.25) is 0 Å². The number of allylic oxidation sites excluding steroid dienone is 4. The number of hydrogen-bond donors (Lipinski definition) is 0. The third-order valence-corrected chi connectivity index (χ3v) is 7.98. The highest BCUT2D eigenvalue weighted by atomic mass is 16.7. The van der Waals surface area contributed by atoms with Crippen LogP contribution in [-0.4, -0.2) is 17.5 Å². The van der Waals surface area contributed by atoms with Crippen LogP contribution in [0.4, 0.5) is 0 Å². The van der Waals surface area contributed by atoms with Crippen LogP contribution in [0.25, 0.3) is 11.1 Å². The lowest BCUT2D eigenvalue weighted by molar-refractivity contribution is -0.140. The van der Waals surface area contributed by atoms with Gasteiger partial charge in [0.05, 0.1) is 11.8 Å². The number of carbonyl (C=O) groups excluding carboxylic acids is 2. The quantitative estimate of drug-likeness (QED) is 0.123. The molecule has 0 atom stereocenters. The number of oxime groups is 1. The first-order valence-corrected chi connectivity index (χ1v) is 13.9. The van der Waals surface area contributed by atoms with Gasteiger partial charge in [-0.2, -0.15) is 0 Å². The first-order valence-electron chi connectivity index (χ1n) is 13.9. The maximum absolute atomic E-state index is 13.3. The zero-order valence-corrected chi connectivity index (χ0v) is 23.2. The van der Waals surface area contributed by atoms with Crippen LogP contribution in [0.2, 0.25) is 0 Å². The van der Waals surface area contributed by atoms with E-state index in [1.165, 1.54) is 47.3 Å². The fraction of sp³-hybridized carbons (Fsp3) is 0.324. The summed E-state index contributed by atoms with van der Waals surface area (Å²) in [5, 5.41) is 4.35. The van der Waals surface area contributed by atoms with Gasteiger partial charge in [-0.05, 0) is 73.1 Å². The van der Waals surface area contributed by atoms with Crippen LogP contribution in [0.3, 0.4) is 0 Å². The number of ketones is 1. The minimum absolute atomic E-state index is 0.0348. The largest absolute Gasteiger partial charge is 0.472 e. The Kier molecular flexibility index (Phi) is 7.51. The Morgan fingerprint density at radius 1 is 0.949 bits per heavy atom. The molecule has 1 heterocycles. The van der Waals surface area contributed by atoms with Crippen LogP contribution in [0.5, 0.6) is 0 Å². The van der Waals surface area contributed by atoms with E-state index in [-0.39, 0.29) is 11.2 Å². The Morgan fingerprint density at radius 3 is 2.21 bits per heavy atom. The highest BCUT2D eigenvalue weighted by Crippen LogP contribution is 2.54. The summed E-state index contributed by atoms with van der Waals surface area (Å²) in [6.07, 6.45) is 13.1. The predicted octanol–water partition coefficient (Wildman–Crippen LogP) is 8.31. The van der Waals surface area contributed by atoms with Gasteiger partial charge in [-0.3, -0.25) is 4.79 Å². The van der Waals surface area contributed by atoms with Crippen molar-refractivity contribution in [1.82, 2.24) is 0 Å². The molecule has 0 bridgehead atoms. The monoisotopic (exact) mass is 521 g/mol. The van der Waals surface area contributed by atoms with Crippen molar-refractivity contribution < 1.29 is 18.8 Å². The molecule has 200 valence electrons. The van der Waals surface area contributed by atoms with Crippen LogP contribution >= 0.6 is 0 Å². The summed E-state index contributed by atoms with van der Waals surface area (Å²) in [4.78, 5) is 30.2. The molecule has 0 unspecified atom stereocenters. The number of rotatable bonds is 9. The summed E-state index contributed by atoms with van der Waals surface area (Å²) >= 11 is 0. The molecule has 3 aromatic rings. The standard InChI is InChI=1S/C34H35NO4/c1-5-16-34(17-6-2)30-19-24(32(35-39-23(4)36)27-10-8-7-9-22(27)3)11-13-28(30)29-14-12-25(20-31(29)34)33(37)26-15-18-38-21-26/h8,10-15,18-21H,5-7,9,16-17H2,1-4H3/b35-32+. The molecule has 0 N–H and O–H groups in total. The number of furan rings is 1. The van der Waals surface area contributed by atoms with Gasteiger partial charge in [-0.1, -0.05) is 73.8 Å². The minimum atomic E-state index is -0.444. The van der Waals surface area contributed by atoms with E-state index in [1.807, 2.05) is 6.07 Å². The molecule has 2 aliphatic rings. The number of benzene rings is 2. The summed E-state index contributed by atoms with van der Waals surface area (Å²) < 4.78 is 5.17. The lowest BCUT2D eigenvalue weighted by Crippen LogP contribution is -2.26. The number of fused-ring (bicyclic) bond motifs is 3. The van der Waals surface area contributed by atoms with Gasteiger partial charge in [-0.25, -0.2) is 4.79 Å². The van der Waals surface area contributed by atoms with Crippen LogP contribution in [0, 0.1) is 0 Å². The van der Waals surface area contributed by atoms with E-state index in [0.717, 1.165) is 49.7 Å². The van der Waals surface area contributed by atoms with E-state index >= 15 is 0 Å². The summed E-state index contributed by atoms with van der Waals surface area (Å²) in [7, 11) is 0. The van der Waals surface area contributed by atoms with Gasteiger partial charge in [0.1, 0.15) is 12.0 Å². The molecule has 0 saturated heterocycles. The molecule has 0 radical (unpaired) electrons. The van der Waals surface area contributed by atoms with Crippen molar-refractivity contribution in [3.63, 3.8) is 0 Å². The second-order valence-corrected chi connectivity index (χ2v) is 10.6. The first-order chi connectivity index (χ1) is 18.9. The van der Waals surface area contributed by atoms with Crippen molar-refractivity contribution in [2.45, 2.75) is 71.6 Å². The lowest BCUT2D eigenvalue weighted by atomic mass is 9.70. The van der Waals surface area contributed by atoms with E-state index in [2.05, 4.69) is 68.4 Å². The highest BCUT2D eigenvalue weighted by molar-refractivity contribution is 6.15. The molecule has 2 aliphatic carbocycles. The Bertz CT molecular complexity index is 1500. The molecule has 5 rings (SSSR count). The number of nitrogens with zero attached hydrogens (tertiary/aromatic N) is 1. The lowest BCUT2D eigenvalue weighted by Gasteiger charge is -2.32. The summed E-state index contributed by atoms with van der Waals surface area (Å²) in [5.74, 6) is -0.479. The Hall–Kier alpha value is -3.99. The summed E-state index contributed by atoms with van der Waals surface area (Å²) in [5.41, 5.74) is 9.65. The predicted molar refractivity (Wildman–Crippen MR) is 154 cm³/mol. The summed E-state index contributed by atoms with van der Waals surface area (Å²) in [6.45, 7) is 7.92. The molecule has 0 aliphatic heterocycles. The van der Waals surface area contributed by atoms with E-state index < -0.39 is 5.97 Å². The average molecular weight is 522 g/mol. The van der Waals surface area contributed by atoms with Gasteiger partial charge in [-0.15, -0.1) is 0 Å². The van der Waals surface area contributed by atoms with Crippen molar-refractivity contribution in [3.8, 4) is 11.1 Å². The van der Waals surface area contributed by atoms with Gasteiger partial charge >= 0.3 is 5.97 Å². The van der Waals surface area contributed by atoms with E-state index in [0.29, 0.717) is 16.8 Å². The van der Waals surface area contributed by atoms with Gasteiger partial charge < -0.3 is 9.25 Å². The fourth-order valence-electron chi connectivity index (χ4n) is 6.29. The number of carbonyl (C=O) groups is 2. The second kappa shape index (κ2) is 11.0. The molecule has 2 aromatic carbocycles. The van der Waals surface area contributed by atoms with Gasteiger partial charge in [0.15, 0.2) is 5.78 Å². The first kappa shape index (κ1) is 26.6. The third kappa shape index (κ3) is 4.82. The highest BCUT2D eigenvalue weighted by Gasteiger charge is 2.42. The van der Waals surface area contributed by atoms with Crippen molar-refractivity contribution in [2.24, 2.45) is 5.16 Å². The molecule has 0 fully saturated rings. The fourth-order valence-corrected chi connectivity index (χ4v) is 6.29. The maximum Gasteiger partial charge on any atom is 0.332 e. The molecule has 5 heteroatoms. The van der Waals surface area contributed by atoms with Crippen molar-refractivity contribution in [1.29, 1.82) is 0 Å². The van der Waals surface area contributed by atoms with E-state index in [9.17, 15) is 9.59 Å². The summed E-state index contributed by atoms with van der Waals surface area (Å²) in [6, 6.07) is 14.3. The Balaban J connectivity index is 1.68. The molecular formula is C34H35NO4. The van der Waals surface area contributed by atoms with Crippen LogP contribution in [0.1, 0.15) is 98.8 Å².